The van der Waals surface area contributed by atoms with Crippen LogP contribution in [0.5, 0.6) is 11.5 Å². The Morgan fingerprint density at radius 1 is 1.08 bits per heavy atom. The molecule has 1 N–H and O–H groups in total. The fourth-order valence-corrected chi connectivity index (χ4v) is 3.19. The van der Waals surface area contributed by atoms with Crippen molar-refractivity contribution in [3.63, 3.8) is 0 Å². The summed E-state index contributed by atoms with van der Waals surface area (Å²) in [7, 11) is 3.18. The minimum atomic E-state index is -0.228. The molecule has 0 spiro atoms. The lowest BCUT2D eigenvalue weighted by Crippen LogP contribution is -2.12. The molecule has 0 aliphatic heterocycles. The van der Waals surface area contributed by atoms with Crippen molar-refractivity contribution >= 4 is 22.9 Å². The highest BCUT2D eigenvalue weighted by molar-refractivity contribution is 7.13. The van der Waals surface area contributed by atoms with E-state index in [4.69, 9.17) is 9.47 Å². The molecule has 0 aliphatic rings. The molecule has 5 nitrogen and oxygen atoms in total. The Labute approximate surface area is 150 Å². The highest BCUT2D eigenvalue weighted by Gasteiger charge is 2.14. The number of nitrogens with one attached hydrogen (secondary N) is 1. The molecule has 25 heavy (non-hydrogen) atoms. The van der Waals surface area contributed by atoms with Crippen LogP contribution in [0.15, 0.2) is 47.8 Å². The Morgan fingerprint density at radius 3 is 2.60 bits per heavy atom. The number of aryl methyl sites for hydroxylation is 1. The molecule has 0 saturated heterocycles. The van der Waals surface area contributed by atoms with Gasteiger partial charge in [0.05, 0.1) is 14.2 Å². The standard InChI is InChI=1S/C19H18N2O3S/c1-12-5-4-6-14(9-12)20-18(22)15-11-25-19(21-15)13-7-8-16(23-2)17(10-13)24-3/h4-11H,1-3H3,(H,20,22). The van der Waals surface area contributed by atoms with E-state index in [-0.39, 0.29) is 5.91 Å². The van der Waals surface area contributed by atoms with Crippen molar-refractivity contribution in [1.82, 2.24) is 4.98 Å². The predicted molar refractivity (Wildman–Crippen MR) is 99.8 cm³/mol. The Bertz CT molecular complexity index is 905. The van der Waals surface area contributed by atoms with E-state index < -0.39 is 0 Å². The molecule has 0 atom stereocenters. The van der Waals surface area contributed by atoms with Gasteiger partial charge in [0.1, 0.15) is 10.7 Å². The Kier molecular flexibility index (Phi) is 5.00. The Morgan fingerprint density at radius 2 is 1.88 bits per heavy atom. The number of thiazole rings is 1. The summed E-state index contributed by atoms with van der Waals surface area (Å²) in [6, 6.07) is 13.2. The van der Waals surface area contributed by atoms with Gasteiger partial charge in [-0.15, -0.1) is 11.3 Å². The maximum absolute atomic E-state index is 12.4. The van der Waals surface area contributed by atoms with Crippen LogP contribution in [0.1, 0.15) is 16.1 Å². The Hall–Kier alpha value is -2.86. The third-order valence-corrected chi connectivity index (χ3v) is 4.53. The molecule has 3 aromatic rings. The molecule has 6 heteroatoms. The number of methoxy groups -OCH3 is 2. The van der Waals surface area contributed by atoms with Crippen LogP contribution in [0.3, 0.4) is 0 Å². The van der Waals surface area contributed by atoms with Gasteiger partial charge in [0.25, 0.3) is 5.91 Å². The van der Waals surface area contributed by atoms with Gasteiger partial charge in [0, 0.05) is 16.6 Å². The van der Waals surface area contributed by atoms with Crippen LogP contribution in [0.25, 0.3) is 10.6 Å². The summed E-state index contributed by atoms with van der Waals surface area (Å²) in [4.78, 5) is 16.8. The molecule has 0 unspecified atom stereocenters. The van der Waals surface area contributed by atoms with E-state index in [2.05, 4.69) is 10.3 Å². The van der Waals surface area contributed by atoms with Crippen molar-refractivity contribution < 1.29 is 14.3 Å². The zero-order valence-corrected chi connectivity index (χ0v) is 15.0. The van der Waals surface area contributed by atoms with Gasteiger partial charge in [0.15, 0.2) is 11.5 Å². The van der Waals surface area contributed by atoms with E-state index in [0.29, 0.717) is 17.2 Å². The van der Waals surface area contributed by atoms with Gasteiger partial charge >= 0.3 is 0 Å². The third kappa shape index (κ3) is 3.80. The lowest BCUT2D eigenvalue weighted by molar-refractivity contribution is 0.102. The summed E-state index contributed by atoms with van der Waals surface area (Å²) in [5, 5.41) is 5.36. The number of rotatable bonds is 5. The van der Waals surface area contributed by atoms with E-state index in [1.165, 1.54) is 11.3 Å². The summed E-state index contributed by atoms with van der Waals surface area (Å²) >= 11 is 1.41. The van der Waals surface area contributed by atoms with Crippen molar-refractivity contribution in [2.75, 3.05) is 19.5 Å². The maximum atomic E-state index is 12.4. The molecule has 0 saturated carbocycles. The highest BCUT2D eigenvalue weighted by atomic mass is 32.1. The number of nitrogens with zero attached hydrogens (tertiary/aromatic N) is 1. The van der Waals surface area contributed by atoms with E-state index in [1.54, 1.807) is 19.6 Å². The number of ether oxygens (including phenoxy) is 2. The van der Waals surface area contributed by atoms with Gasteiger partial charge in [-0.1, -0.05) is 12.1 Å². The number of benzene rings is 2. The number of amides is 1. The lowest BCUT2D eigenvalue weighted by atomic mass is 10.2. The monoisotopic (exact) mass is 354 g/mol. The van der Waals surface area contributed by atoms with Crippen molar-refractivity contribution in [3.8, 4) is 22.1 Å². The molecule has 2 aromatic carbocycles. The second-order valence-corrected chi connectivity index (χ2v) is 6.29. The van der Waals surface area contributed by atoms with Crippen LogP contribution in [0.4, 0.5) is 5.69 Å². The first-order valence-electron chi connectivity index (χ1n) is 7.66. The smallest absolute Gasteiger partial charge is 0.275 e. The van der Waals surface area contributed by atoms with Gasteiger partial charge in [-0.25, -0.2) is 4.98 Å². The molecule has 0 aliphatic carbocycles. The molecular weight excluding hydrogens is 336 g/mol. The van der Waals surface area contributed by atoms with Gasteiger partial charge in [-0.3, -0.25) is 4.79 Å². The summed E-state index contributed by atoms with van der Waals surface area (Å²) < 4.78 is 10.6. The quantitative estimate of drug-likeness (QED) is 0.738. The second kappa shape index (κ2) is 7.36. The SMILES string of the molecule is COc1ccc(-c2nc(C(=O)Nc3cccc(C)c3)cs2)cc1OC. The fraction of sp³-hybridized carbons (Fsp3) is 0.158. The molecule has 3 rings (SSSR count). The van der Waals surface area contributed by atoms with Crippen LogP contribution in [0.2, 0.25) is 0 Å². The maximum Gasteiger partial charge on any atom is 0.275 e. The minimum absolute atomic E-state index is 0.228. The predicted octanol–water partition coefficient (Wildman–Crippen LogP) is 4.39. The third-order valence-electron chi connectivity index (χ3n) is 3.64. The van der Waals surface area contributed by atoms with E-state index in [1.807, 2.05) is 49.4 Å². The van der Waals surface area contributed by atoms with Crippen LogP contribution < -0.4 is 14.8 Å². The average Bonchev–Trinajstić information content (AvgIpc) is 3.11. The van der Waals surface area contributed by atoms with Gasteiger partial charge in [0.2, 0.25) is 0 Å². The molecule has 0 radical (unpaired) electrons. The van der Waals surface area contributed by atoms with Gasteiger partial charge in [-0.2, -0.15) is 0 Å². The normalized spacial score (nSPS) is 10.4. The van der Waals surface area contributed by atoms with Crippen molar-refractivity contribution in [3.05, 3.63) is 59.1 Å². The zero-order chi connectivity index (χ0) is 17.8. The topological polar surface area (TPSA) is 60.5 Å². The number of hydrogen-bond donors (Lipinski definition) is 1. The van der Waals surface area contributed by atoms with Crippen molar-refractivity contribution in [1.29, 1.82) is 0 Å². The largest absolute Gasteiger partial charge is 0.493 e. The van der Waals surface area contributed by atoms with Crippen LogP contribution in [-0.4, -0.2) is 25.1 Å². The fourth-order valence-electron chi connectivity index (χ4n) is 2.40. The number of hydrogen-bond acceptors (Lipinski definition) is 5. The molecule has 128 valence electrons. The highest BCUT2D eigenvalue weighted by Crippen LogP contribution is 2.33. The van der Waals surface area contributed by atoms with Crippen LogP contribution in [-0.2, 0) is 0 Å². The minimum Gasteiger partial charge on any atom is -0.493 e. The number of carbonyl (C=O) groups is 1. The van der Waals surface area contributed by atoms with Gasteiger partial charge in [-0.05, 0) is 42.8 Å². The van der Waals surface area contributed by atoms with E-state index >= 15 is 0 Å². The zero-order valence-electron chi connectivity index (χ0n) is 14.2. The first kappa shape index (κ1) is 17.0. The van der Waals surface area contributed by atoms with Crippen molar-refractivity contribution in [2.24, 2.45) is 0 Å². The first-order chi connectivity index (χ1) is 12.1. The van der Waals surface area contributed by atoms with Gasteiger partial charge < -0.3 is 14.8 Å². The molecule has 1 aromatic heterocycles. The van der Waals surface area contributed by atoms with Crippen LogP contribution >= 0.6 is 11.3 Å². The van der Waals surface area contributed by atoms with Crippen molar-refractivity contribution in [2.45, 2.75) is 6.92 Å². The van der Waals surface area contributed by atoms with E-state index in [9.17, 15) is 4.79 Å². The number of carbonyl (C=O) groups excluding carboxylic acids is 1. The van der Waals surface area contributed by atoms with E-state index in [0.717, 1.165) is 21.8 Å². The summed E-state index contributed by atoms with van der Waals surface area (Å²) in [5.74, 6) is 1.05. The van der Waals surface area contributed by atoms with Crippen LogP contribution in [0, 0.1) is 6.92 Å². The number of aromatic nitrogens is 1. The molecular formula is C19H18N2O3S. The molecule has 0 fully saturated rings. The summed E-state index contributed by atoms with van der Waals surface area (Å²) in [6.45, 7) is 1.98. The summed E-state index contributed by atoms with van der Waals surface area (Å²) in [5.41, 5.74) is 3.10. The molecule has 0 bridgehead atoms. The first-order valence-corrected chi connectivity index (χ1v) is 8.54. The number of anilines is 1. The lowest BCUT2D eigenvalue weighted by Gasteiger charge is -2.08. The Balaban J connectivity index is 1.81. The molecule has 1 heterocycles. The summed E-state index contributed by atoms with van der Waals surface area (Å²) in [6.07, 6.45) is 0. The average molecular weight is 354 g/mol. The second-order valence-electron chi connectivity index (χ2n) is 5.43. The molecule has 1 amide bonds.